The van der Waals surface area contributed by atoms with Gasteiger partial charge >= 0.3 is 11.9 Å². The third-order valence-corrected chi connectivity index (χ3v) is 5.43. The summed E-state index contributed by atoms with van der Waals surface area (Å²) in [5.74, 6) is -2.49. The van der Waals surface area contributed by atoms with Crippen molar-refractivity contribution in [2.45, 2.75) is 32.8 Å². The molecule has 1 unspecified atom stereocenters. The van der Waals surface area contributed by atoms with E-state index in [0.29, 0.717) is 11.3 Å². The fourth-order valence-electron chi connectivity index (χ4n) is 4.14. The van der Waals surface area contributed by atoms with Crippen LogP contribution in [0.25, 0.3) is 0 Å². The molecule has 2 heterocycles. The normalized spacial score (nSPS) is 18.2. The van der Waals surface area contributed by atoms with Crippen LogP contribution in [0.2, 0.25) is 0 Å². The van der Waals surface area contributed by atoms with Gasteiger partial charge in [0.15, 0.2) is 0 Å². The third kappa shape index (κ3) is 4.63. The number of aliphatic hydroxyl groups excluding tert-OH is 1. The number of benzene rings is 2. The molecule has 4 N–H and O–H groups in total. The summed E-state index contributed by atoms with van der Waals surface area (Å²) in [5, 5.41) is 10.3. The average molecular weight is 481 g/mol. The maximum absolute atomic E-state index is 13.5. The summed E-state index contributed by atoms with van der Waals surface area (Å²) in [6.45, 7) is 5.09. The number of hydrogen-bond acceptors (Lipinski definition) is 8. The molecular weight excluding hydrogens is 452 g/mol. The number of anilines is 1. The molecule has 1 amide bonds. The highest BCUT2D eigenvalue weighted by Crippen LogP contribution is 2.52. The van der Waals surface area contributed by atoms with E-state index in [2.05, 4.69) is 5.32 Å². The molecule has 0 bridgehead atoms. The molecule has 2 aliphatic heterocycles. The lowest BCUT2D eigenvalue weighted by atomic mass is 9.67. The van der Waals surface area contributed by atoms with Crippen molar-refractivity contribution in [3.8, 4) is 0 Å². The largest absolute Gasteiger partial charge is 0.462 e. The van der Waals surface area contributed by atoms with Crippen LogP contribution in [0.15, 0.2) is 77.4 Å². The Morgan fingerprint density at radius 2 is 1.60 bits per heavy atom. The van der Waals surface area contributed by atoms with Crippen molar-refractivity contribution in [1.82, 2.24) is 0 Å². The topological polar surface area (TPSA) is 137 Å². The molecule has 0 saturated heterocycles. The monoisotopic (exact) mass is 480 g/mol. The van der Waals surface area contributed by atoms with Gasteiger partial charge in [0, 0.05) is 17.9 Å². The number of allylic oxidation sites excluding steroid dienone is 1. The number of carbonyl (C=O) groups is 3. The average Bonchev–Trinajstić information content (AvgIpc) is 3.10. The Morgan fingerprint density at radius 3 is 2.26 bits per heavy atom. The quantitative estimate of drug-likeness (QED) is 0.556. The van der Waals surface area contributed by atoms with Crippen LogP contribution >= 0.6 is 0 Å². The molecule has 0 aliphatic carbocycles. The summed E-state index contributed by atoms with van der Waals surface area (Å²) in [6.07, 6.45) is 0. The van der Waals surface area contributed by atoms with E-state index >= 15 is 0 Å². The first-order valence-corrected chi connectivity index (χ1v) is 11.1. The Kier molecular flexibility index (Phi) is 7.93. The maximum atomic E-state index is 13.5. The number of nitrogens with one attached hydrogen (secondary N) is 1. The number of aliphatic hydroxyl groups is 1. The second-order valence-corrected chi connectivity index (χ2v) is 7.62. The zero-order valence-electron chi connectivity index (χ0n) is 19.8. The molecule has 184 valence electrons. The van der Waals surface area contributed by atoms with Crippen molar-refractivity contribution in [2.75, 3.05) is 18.5 Å². The first kappa shape index (κ1) is 25.5. The summed E-state index contributed by atoms with van der Waals surface area (Å²) in [7, 11) is 0. The van der Waals surface area contributed by atoms with Crippen molar-refractivity contribution in [2.24, 2.45) is 5.73 Å². The molecule has 35 heavy (non-hydrogen) atoms. The van der Waals surface area contributed by atoms with E-state index in [1.54, 1.807) is 50.2 Å². The molecule has 9 heteroatoms. The van der Waals surface area contributed by atoms with Crippen LogP contribution in [0.5, 0.6) is 0 Å². The van der Waals surface area contributed by atoms with Gasteiger partial charge in [-0.05, 0) is 32.4 Å². The van der Waals surface area contributed by atoms with Crippen molar-refractivity contribution in [3.63, 3.8) is 0 Å². The highest BCUT2D eigenvalue weighted by atomic mass is 16.5. The lowest BCUT2D eigenvalue weighted by Crippen LogP contribution is -2.48. The zero-order valence-corrected chi connectivity index (χ0v) is 19.8. The molecule has 0 fully saturated rings. The van der Waals surface area contributed by atoms with Gasteiger partial charge in [-0.2, -0.15) is 0 Å². The highest BCUT2D eigenvalue weighted by molar-refractivity contribution is 6.21. The molecular formula is C26H28N2O7. The van der Waals surface area contributed by atoms with E-state index in [9.17, 15) is 14.4 Å². The fraction of sp³-hybridized carbons (Fsp3) is 0.269. The lowest BCUT2D eigenvalue weighted by molar-refractivity contribution is -0.144. The van der Waals surface area contributed by atoms with Gasteiger partial charge in [0.1, 0.15) is 28.9 Å². The van der Waals surface area contributed by atoms with E-state index in [0.717, 1.165) is 5.56 Å². The summed E-state index contributed by atoms with van der Waals surface area (Å²) >= 11 is 0. The van der Waals surface area contributed by atoms with E-state index in [-0.39, 0.29) is 42.6 Å². The van der Waals surface area contributed by atoms with Gasteiger partial charge in [0.25, 0.3) is 0 Å². The van der Waals surface area contributed by atoms with E-state index in [4.69, 9.17) is 25.1 Å². The van der Waals surface area contributed by atoms with E-state index < -0.39 is 23.3 Å². The van der Waals surface area contributed by atoms with Crippen LogP contribution in [0, 0.1) is 0 Å². The first-order valence-electron chi connectivity index (χ1n) is 11.1. The molecule has 0 aromatic heterocycles. The number of esters is 2. The van der Waals surface area contributed by atoms with Crippen LogP contribution < -0.4 is 11.1 Å². The second-order valence-electron chi connectivity index (χ2n) is 7.62. The Balaban J connectivity index is 0.00000108. The molecule has 1 spiro atoms. The fourth-order valence-corrected chi connectivity index (χ4v) is 4.14. The van der Waals surface area contributed by atoms with Crippen molar-refractivity contribution in [1.29, 1.82) is 0 Å². The second kappa shape index (κ2) is 10.9. The number of para-hydroxylation sites is 1. The third-order valence-electron chi connectivity index (χ3n) is 5.43. The smallest absolute Gasteiger partial charge is 0.341 e. The summed E-state index contributed by atoms with van der Waals surface area (Å²) in [4.78, 5) is 39.9. The number of nitrogens with two attached hydrogens (primary N) is 1. The lowest BCUT2D eigenvalue weighted by Gasteiger charge is -2.35. The van der Waals surface area contributed by atoms with Gasteiger partial charge in [0.05, 0.1) is 6.61 Å². The van der Waals surface area contributed by atoms with E-state index in [1.165, 1.54) is 6.92 Å². The van der Waals surface area contributed by atoms with E-state index in [1.807, 2.05) is 18.2 Å². The molecule has 2 aromatic rings. The van der Waals surface area contributed by atoms with Gasteiger partial charge in [-0.1, -0.05) is 48.5 Å². The SMILES string of the molecule is CCO.CCOC(=O)C1=C(N)OC(C)=C(C(=O)OCc2ccccc2)C12C(=O)Nc1ccccc12. The molecule has 1 atom stereocenters. The molecule has 0 saturated carbocycles. The number of carbonyl (C=O) groups excluding carboxylic acids is 3. The van der Waals surface area contributed by atoms with Gasteiger partial charge in [-0.3, -0.25) is 4.79 Å². The van der Waals surface area contributed by atoms with Crippen LogP contribution in [0.4, 0.5) is 5.69 Å². The van der Waals surface area contributed by atoms with Crippen molar-refractivity contribution < 1.29 is 33.7 Å². The number of hydrogen-bond donors (Lipinski definition) is 3. The minimum absolute atomic E-state index is 0.0241. The van der Waals surface area contributed by atoms with Crippen LogP contribution in [0.3, 0.4) is 0 Å². The Labute approximate surface area is 203 Å². The zero-order chi connectivity index (χ0) is 25.6. The summed E-state index contributed by atoms with van der Waals surface area (Å²) in [5.41, 5.74) is 5.48. The molecule has 4 rings (SSSR count). The first-order chi connectivity index (χ1) is 16.8. The number of amides is 1. The predicted octanol–water partition coefficient (Wildman–Crippen LogP) is 2.66. The standard InChI is InChI=1S/C24H22N2O6.C2H6O/c1-3-30-22(28)19-20(25)32-14(2)18(21(27)31-13-15-9-5-4-6-10-15)24(19)16-11-7-8-12-17(16)26-23(24)29;1-2-3/h4-12H,3,13,25H2,1-2H3,(H,26,29);3H,2H2,1H3. The predicted molar refractivity (Wildman–Crippen MR) is 127 cm³/mol. The maximum Gasteiger partial charge on any atom is 0.341 e. The Morgan fingerprint density at radius 1 is 1.00 bits per heavy atom. The summed E-state index contributed by atoms with van der Waals surface area (Å²) in [6, 6.07) is 15.9. The minimum Gasteiger partial charge on any atom is -0.462 e. The van der Waals surface area contributed by atoms with Gasteiger partial charge < -0.3 is 30.4 Å². The summed E-state index contributed by atoms with van der Waals surface area (Å²) < 4.78 is 16.3. The van der Waals surface area contributed by atoms with Crippen molar-refractivity contribution >= 4 is 23.5 Å². The number of ether oxygens (including phenoxy) is 3. The number of rotatable bonds is 5. The minimum atomic E-state index is -1.86. The van der Waals surface area contributed by atoms with Gasteiger partial charge in [-0.15, -0.1) is 0 Å². The van der Waals surface area contributed by atoms with Gasteiger partial charge in [0.2, 0.25) is 11.8 Å². The van der Waals surface area contributed by atoms with Crippen LogP contribution in [-0.4, -0.2) is 36.2 Å². The molecule has 9 nitrogen and oxygen atoms in total. The van der Waals surface area contributed by atoms with Crippen LogP contribution in [-0.2, 0) is 40.6 Å². The Bertz CT molecular complexity index is 1190. The molecule has 2 aromatic carbocycles. The van der Waals surface area contributed by atoms with Gasteiger partial charge in [-0.25, -0.2) is 9.59 Å². The Hall–Kier alpha value is -4.11. The highest BCUT2D eigenvalue weighted by Gasteiger charge is 2.61. The number of fused-ring (bicyclic) bond motifs is 2. The molecule has 0 radical (unpaired) electrons. The van der Waals surface area contributed by atoms with Crippen LogP contribution in [0.1, 0.15) is 31.9 Å². The molecule has 2 aliphatic rings. The van der Waals surface area contributed by atoms with Crippen molar-refractivity contribution in [3.05, 3.63) is 88.5 Å².